The number of carbonyl (C=O) groups is 2. The Balaban J connectivity index is 3.64. The Hall–Kier alpha value is -2.95. The molecule has 2 amide bonds. The molecule has 0 saturated heterocycles. The van der Waals surface area contributed by atoms with E-state index < -0.39 is 0 Å². The quantitative estimate of drug-likeness (QED) is 0.164. The largest absolute Gasteiger partial charge is 0.394 e. The smallest absolute Gasteiger partial charge is 0.223 e. The van der Waals surface area contributed by atoms with Gasteiger partial charge >= 0.3 is 0 Å². The summed E-state index contributed by atoms with van der Waals surface area (Å²) in [4.78, 5) is 23.4. The molecule has 0 heterocycles. The highest BCUT2D eigenvalue weighted by atomic mass is 16.5. The highest BCUT2D eigenvalue weighted by Gasteiger charge is 2.02. The van der Waals surface area contributed by atoms with Crippen LogP contribution in [0.15, 0.2) is 36.6 Å². The molecular formula is C22H31N3O6. The van der Waals surface area contributed by atoms with Gasteiger partial charge in [0.05, 0.1) is 46.2 Å². The molecule has 0 spiro atoms. The van der Waals surface area contributed by atoms with Crippen LogP contribution in [0.4, 0.5) is 0 Å². The topological polar surface area (TPSA) is 130 Å². The lowest BCUT2D eigenvalue weighted by molar-refractivity contribution is -0.123. The third-order valence-corrected chi connectivity index (χ3v) is 3.45. The van der Waals surface area contributed by atoms with Crippen molar-refractivity contribution in [2.45, 2.75) is 19.3 Å². The highest BCUT2D eigenvalue weighted by Crippen LogP contribution is 1.94. The standard InChI is InChI=1S/C22H31N3O6/c1-2-20(6-3-10-23)7-4-11-24-21(27)8-5-12-25-22(28)9-14-29-16-18-31-19-17-30-15-13-26/h2,4,7,11,26H,1,5,8-9,12-19H2,(H,24,27)(H,25,28)/b11-4+,20-7+. The van der Waals surface area contributed by atoms with Crippen molar-refractivity contribution in [3.63, 3.8) is 0 Å². The summed E-state index contributed by atoms with van der Waals surface area (Å²) in [6.45, 7) is 6.20. The molecule has 0 atom stereocenters. The zero-order valence-electron chi connectivity index (χ0n) is 17.7. The molecule has 0 saturated carbocycles. The van der Waals surface area contributed by atoms with E-state index in [2.05, 4.69) is 29.1 Å². The molecule has 0 aliphatic heterocycles. The first-order valence-electron chi connectivity index (χ1n) is 9.93. The first-order valence-corrected chi connectivity index (χ1v) is 9.93. The molecule has 0 radical (unpaired) electrons. The third-order valence-electron chi connectivity index (χ3n) is 3.45. The lowest BCUT2D eigenvalue weighted by atomic mass is 10.2. The number of carbonyl (C=O) groups excluding carboxylic acids is 2. The second-order valence-electron chi connectivity index (χ2n) is 5.88. The van der Waals surface area contributed by atoms with E-state index >= 15 is 0 Å². The predicted octanol–water partition coefficient (Wildman–Crippen LogP) is 0.584. The molecule has 0 aliphatic carbocycles. The normalized spacial score (nSPS) is 10.8. The molecule has 0 rings (SSSR count). The maximum atomic E-state index is 11.7. The van der Waals surface area contributed by atoms with E-state index in [0.29, 0.717) is 58.2 Å². The second kappa shape index (κ2) is 21.8. The minimum Gasteiger partial charge on any atom is -0.394 e. The van der Waals surface area contributed by atoms with Gasteiger partial charge in [0, 0.05) is 37.1 Å². The third kappa shape index (κ3) is 20.1. The molecule has 9 nitrogen and oxygen atoms in total. The number of aliphatic hydroxyl groups excluding tert-OH is 1. The number of ether oxygens (including phenoxy) is 3. The van der Waals surface area contributed by atoms with Crippen molar-refractivity contribution in [2.24, 2.45) is 0 Å². The van der Waals surface area contributed by atoms with Crippen LogP contribution in [0.3, 0.4) is 0 Å². The van der Waals surface area contributed by atoms with Crippen molar-refractivity contribution in [3.8, 4) is 17.9 Å². The number of allylic oxidation sites excluding steroid dienone is 4. The van der Waals surface area contributed by atoms with E-state index in [1.54, 1.807) is 18.2 Å². The first-order chi connectivity index (χ1) is 15.1. The van der Waals surface area contributed by atoms with Crippen molar-refractivity contribution >= 4 is 11.8 Å². The van der Waals surface area contributed by atoms with Crippen molar-refractivity contribution in [1.82, 2.24) is 10.6 Å². The number of hydrogen-bond acceptors (Lipinski definition) is 7. The van der Waals surface area contributed by atoms with Gasteiger partial charge in [0.1, 0.15) is 0 Å². The summed E-state index contributed by atoms with van der Waals surface area (Å²) in [7, 11) is 0. The number of nitrogens with one attached hydrogen (secondary N) is 2. The van der Waals surface area contributed by atoms with Gasteiger partial charge < -0.3 is 30.0 Å². The van der Waals surface area contributed by atoms with Crippen LogP contribution in [-0.2, 0) is 23.8 Å². The van der Waals surface area contributed by atoms with Crippen LogP contribution in [0, 0.1) is 23.2 Å². The van der Waals surface area contributed by atoms with Crippen LogP contribution in [-0.4, -0.2) is 69.7 Å². The summed E-state index contributed by atoms with van der Waals surface area (Å²) in [5, 5.41) is 22.3. The van der Waals surface area contributed by atoms with Gasteiger partial charge in [-0.05, 0) is 18.6 Å². The molecule has 9 heteroatoms. The van der Waals surface area contributed by atoms with E-state index in [4.69, 9.17) is 24.6 Å². The Kier molecular flexibility index (Phi) is 19.7. The van der Waals surface area contributed by atoms with Gasteiger partial charge in [0.15, 0.2) is 6.07 Å². The number of nitriles is 1. The van der Waals surface area contributed by atoms with Crippen LogP contribution < -0.4 is 10.6 Å². The second-order valence-corrected chi connectivity index (χ2v) is 5.88. The summed E-state index contributed by atoms with van der Waals surface area (Å²) in [5.74, 6) is 4.54. The number of nitrogens with zero attached hydrogens (tertiary/aromatic N) is 1. The molecule has 0 bridgehead atoms. The fourth-order valence-electron chi connectivity index (χ4n) is 1.96. The Morgan fingerprint density at radius 3 is 2.32 bits per heavy atom. The molecule has 170 valence electrons. The van der Waals surface area contributed by atoms with Crippen LogP contribution in [0.5, 0.6) is 0 Å². The average molecular weight is 434 g/mol. The molecule has 0 fully saturated rings. The average Bonchev–Trinajstić information content (AvgIpc) is 2.77. The zero-order chi connectivity index (χ0) is 23.0. The Bertz CT molecular complexity index is 686. The maximum absolute atomic E-state index is 11.7. The van der Waals surface area contributed by atoms with E-state index in [1.807, 2.05) is 0 Å². The van der Waals surface area contributed by atoms with E-state index in [0.717, 1.165) is 0 Å². The van der Waals surface area contributed by atoms with Crippen molar-refractivity contribution < 1.29 is 28.9 Å². The van der Waals surface area contributed by atoms with Crippen LogP contribution >= 0.6 is 0 Å². The van der Waals surface area contributed by atoms with Gasteiger partial charge in [0.2, 0.25) is 11.8 Å². The maximum Gasteiger partial charge on any atom is 0.223 e. The molecule has 31 heavy (non-hydrogen) atoms. The monoisotopic (exact) mass is 433 g/mol. The Morgan fingerprint density at radius 1 is 1.00 bits per heavy atom. The minimum atomic E-state index is -0.174. The molecule has 0 unspecified atom stereocenters. The molecule has 0 aromatic heterocycles. The minimum absolute atomic E-state index is 0.00727. The molecular weight excluding hydrogens is 402 g/mol. The fraction of sp³-hybridized carbons (Fsp3) is 0.500. The SMILES string of the molecule is C=C/C(C#CC#N)=C\C=C\NC(=O)CCCNC(=O)CCOCCOCCOCCO. The van der Waals surface area contributed by atoms with Crippen molar-refractivity contribution in [2.75, 3.05) is 52.8 Å². The van der Waals surface area contributed by atoms with E-state index in [1.165, 1.54) is 12.3 Å². The summed E-state index contributed by atoms with van der Waals surface area (Å²) >= 11 is 0. The number of hydrogen-bond donors (Lipinski definition) is 3. The predicted molar refractivity (Wildman–Crippen MR) is 115 cm³/mol. The summed E-state index contributed by atoms with van der Waals surface area (Å²) < 4.78 is 15.6. The van der Waals surface area contributed by atoms with Crippen molar-refractivity contribution in [3.05, 3.63) is 36.6 Å². The Morgan fingerprint density at radius 2 is 1.68 bits per heavy atom. The molecule has 3 N–H and O–H groups in total. The van der Waals surface area contributed by atoms with Crippen molar-refractivity contribution in [1.29, 1.82) is 5.26 Å². The van der Waals surface area contributed by atoms with Gasteiger partial charge in [-0.2, -0.15) is 5.26 Å². The van der Waals surface area contributed by atoms with Gasteiger partial charge in [-0.3, -0.25) is 9.59 Å². The molecule has 0 aliphatic rings. The van der Waals surface area contributed by atoms with Gasteiger partial charge in [0.25, 0.3) is 0 Å². The van der Waals surface area contributed by atoms with Gasteiger partial charge in [-0.1, -0.05) is 18.6 Å². The summed E-state index contributed by atoms with van der Waals surface area (Å²) in [5.41, 5.74) is 0.565. The number of aliphatic hydroxyl groups is 1. The van der Waals surface area contributed by atoms with Gasteiger partial charge in [-0.15, -0.1) is 0 Å². The summed E-state index contributed by atoms with van der Waals surface area (Å²) in [6, 6.07) is 1.71. The molecule has 0 aromatic carbocycles. The number of rotatable bonds is 18. The Labute approximate surface area is 183 Å². The summed E-state index contributed by atoms with van der Waals surface area (Å²) in [6.07, 6.45) is 7.23. The van der Waals surface area contributed by atoms with E-state index in [9.17, 15) is 9.59 Å². The number of amides is 2. The van der Waals surface area contributed by atoms with Gasteiger partial charge in [-0.25, -0.2) is 0 Å². The zero-order valence-corrected chi connectivity index (χ0v) is 17.7. The lowest BCUT2D eigenvalue weighted by Crippen LogP contribution is -2.27. The lowest BCUT2D eigenvalue weighted by Gasteiger charge is -2.07. The molecule has 0 aromatic rings. The fourth-order valence-corrected chi connectivity index (χ4v) is 1.96. The van der Waals surface area contributed by atoms with Crippen LogP contribution in [0.1, 0.15) is 19.3 Å². The highest BCUT2D eigenvalue weighted by molar-refractivity contribution is 5.77. The van der Waals surface area contributed by atoms with E-state index in [-0.39, 0.29) is 31.3 Å². The first kappa shape index (κ1) is 28.1. The van der Waals surface area contributed by atoms with Crippen LogP contribution in [0.25, 0.3) is 0 Å². The van der Waals surface area contributed by atoms with Crippen LogP contribution in [0.2, 0.25) is 0 Å².